The van der Waals surface area contributed by atoms with Crippen LogP contribution >= 0.6 is 0 Å². The standard InChI is InChI=1S/C29H30F6N8O/c1-3-15-8-16(9-17-14-37-26(41-25(15)17)38-21-6-4-20(36)5-7-21)23-13-24(42-43(23)2)40-27(44)39-22-11-18(28(30,31)32)10-19(12-22)29(33,34)35/h8-14,20-21H,3-7,36H2,1-2H3,(H,37,38,41)(H2,39,40,42,44)/t20-,21-. The second-order valence-corrected chi connectivity index (χ2v) is 10.8. The zero-order chi connectivity index (χ0) is 31.8. The zero-order valence-corrected chi connectivity index (χ0v) is 23.8. The molecule has 5 N–H and O–H groups in total. The van der Waals surface area contributed by atoms with Gasteiger partial charge in [0.1, 0.15) is 0 Å². The van der Waals surface area contributed by atoms with Gasteiger partial charge in [-0.2, -0.15) is 31.4 Å². The summed E-state index contributed by atoms with van der Waals surface area (Å²) in [5, 5.41) is 12.8. The number of aromatic nitrogens is 4. The van der Waals surface area contributed by atoms with E-state index in [1.807, 2.05) is 24.4 Å². The molecule has 1 aliphatic rings. The van der Waals surface area contributed by atoms with Crippen molar-refractivity contribution in [1.82, 2.24) is 19.7 Å². The fraction of sp³-hybridized carbons (Fsp3) is 0.379. The maximum Gasteiger partial charge on any atom is 0.416 e. The summed E-state index contributed by atoms with van der Waals surface area (Å²) >= 11 is 0. The van der Waals surface area contributed by atoms with Gasteiger partial charge < -0.3 is 16.4 Å². The molecule has 15 heteroatoms. The van der Waals surface area contributed by atoms with Crippen LogP contribution < -0.4 is 21.7 Å². The van der Waals surface area contributed by atoms with Gasteiger partial charge >= 0.3 is 18.4 Å². The van der Waals surface area contributed by atoms with Gasteiger partial charge in [0.25, 0.3) is 0 Å². The van der Waals surface area contributed by atoms with E-state index >= 15 is 0 Å². The number of nitrogens with one attached hydrogen (secondary N) is 3. The van der Waals surface area contributed by atoms with E-state index in [9.17, 15) is 31.1 Å². The summed E-state index contributed by atoms with van der Waals surface area (Å²) in [7, 11) is 1.64. The van der Waals surface area contributed by atoms with E-state index < -0.39 is 35.2 Å². The number of amides is 2. The Hall–Kier alpha value is -4.40. The molecular weight excluding hydrogens is 590 g/mol. The highest BCUT2D eigenvalue weighted by molar-refractivity contribution is 5.99. The van der Waals surface area contributed by atoms with Gasteiger partial charge in [0.05, 0.1) is 22.3 Å². The van der Waals surface area contributed by atoms with Gasteiger partial charge in [0.15, 0.2) is 5.82 Å². The number of aryl methyl sites for hydroxylation is 2. The van der Waals surface area contributed by atoms with Crippen LogP contribution in [-0.2, 0) is 25.8 Å². The van der Waals surface area contributed by atoms with Crippen molar-refractivity contribution in [3.63, 3.8) is 0 Å². The van der Waals surface area contributed by atoms with Crippen molar-refractivity contribution in [2.45, 2.75) is 63.5 Å². The zero-order valence-electron chi connectivity index (χ0n) is 23.8. The minimum atomic E-state index is -5.05. The third kappa shape index (κ3) is 7.04. The van der Waals surface area contributed by atoms with E-state index in [1.54, 1.807) is 13.2 Å². The fourth-order valence-electron chi connectivity index (χ4n) is 5.26. The molecule has 2 aromatic carbocycles. The maximum atomic E-state index is 13.2. The van der Waals surface area contributed by atoms with Crippen molar-refractivity contribution < 1.29 is 31.1 Å². The van der Waals surface area contributed by atoms with Gasteiger partial charge in [-0.25, -0.2) is 14.8 Å². The Labute approximate surface area is 248 Å². The smallest absolute Gasteiger partial charge is 0.351 e. The predicted molar refractivity (Wildman–Crippen MR) is 154 cm³/mol. The summed E-state index contributed by atoms with van der Waals surface area (Å²) in [6, 6.07) is 5.62. The van der Waals surface area contributed by atoms with Crippen LogP contribution in [0.2, 0.25) is 0 Å². The molecule has 234 valence electrons. The molecule has 9 nitrogen and oxygen atoms in total. The first-order valence-corrected chi connectivity index (χ1v) is 13.9. The number of fused-ring (bicyclic) bond motifs is 1. The number of carbonyl (C=O) groups excluding carboxylic acids is 1. The molecule has 2 heterocycles. The molecule has 0 bridgehead atoms. The van der Waals surface area contributed by atoms with Gasteiger partial charge in [-0.05, 0) is 68.0 Å². The number of nitrogens with two attached hydrogens (primary N) is 1. The summed E-state index contributed by atoms with van der Waals surface area (Å²) in [5.41, 5.74) is 5.33. The average Bonchev–Trinajstić information content (AvgIpc) is 3.31. The van der Waals surface area contributed by atoms with Gasteiger partial charge in [-0.1, -0.05) is 6.92 Å². The average molecular weight is 621 g/mol. The molecule has 44 heavy (non-hydrogen) atoms. The van der Waals surface area contributed by atoms with Gasteiger partial charge in [0, 0.05) is 48.0 Å². The number of hydrogen-bond donors (Lipinski definition) is 4. The van der Waals surface area contributed by atoms with E-state index in [0.29, 0.717) is 30.2 Å². The summed E-state index contributed by atoms with van der Waals surface area (Å²) in [6.07, 6.45) is -3.90. The first kappa shape index (κ1) is 31.0. The van der Waals surface area contributed by atoms with E-state index in [0.717, 1.165) is 47.7 Å². The third-order valence-electron chi connectivity index (χ3n) is 7.51. The van der Waals surface area contributed by atoms with Crippen LogP contribution in [0.1, 0.15) is 49.3 Å². The molecule has 0 atom stereocenters. The van der Waals surface area contributed by atoms with E-state index in [4.69, 9.17) is 10.7 Å². The highest BCUT2D eigenvalue weighted by Gasteiger charge is 2.37. The van der Waals surface area contributed by atoms with Crippen molar-refractivity contribution in [1.29, 1.82) is 0 Å². The summed E-state index contributed by atoms with van der Waals surface area (Å²) < 4.78 is 80.6. The minimum Gasteiger partial charge on any atom is -0.351 e. The normalized spacial score (nSPS) is 17.5. The number of hydrogen-bond acceptors (Lipinski definition) is 6. The monoisotopic (exact) mass is 620 g/mol. The number of carbonyl (C=O) groups is 1. The van der Waals surface area contributed by atoms with E-state index in [-0.39, 0.29) is 24.0 Å². The number of halogens is 6. The molecule has 0 aliphatic heterocycles. The molecule has 0 saturated heterocycles. The van der Waals surface area contributed by atoms with Crippen LogP contribution in [0.25, 0.3) is 22.2 Å². The molecule has 0 unspecified atom stereocenters. The molecule has 1 fully saturated rings. The number of nitrogens with zero attached hydrogens (tertiary/aromatic N) is 4. The minimum absolute atomic E-state index is 0.0163. The van der Waals surface area contributed by atoms with E-state index in [2.05, 4.69) is 20.7 Å². The molecule has 0 radical (unpaired) electrons. The Morgan fingerprint density at radius 1 is 0.955 bits per heavy atom. The summed E-state index contributed by atoms with van der Waals surface area (Å²) in [4.78, 5) is 21.8. The molecule has 0 spiro atoms. The number of urea groups is 1. The number of rotatable bonds is 6. The van der Waals surface area contributed by atoms with Gasteiger partial charge in [-0.15, -0.1) is 0 Å². The third-order valence-corrected chi connectivity index (χ3v) is 7.51. The number of benzene rings is 2. The maximum absolute atomic E-state index is 13.2. The van der Waals surface area contributed by atoms with Gasteiger partial charge in [0.2, 0.25) is 5.95 Å². The van der Waals surface area contributed by atoms with Crippen molar-refractivity contribution in [3.05, 3.63) is 59.3 Å². The van der Waals surface area contributed by atoms with Crippen LogP contribution in [0.15, 0.2) is 42.6 Å². The molecular formula is C29H30F6N8O. The summed E-state index contributed by atoms with van der Waals surface area (Å²) in [6.45, 7) is 1.99. The molecule has 4 aromatic rings. The molecule has 2 amide bonds. The number of alkyl halides is 6. The fourth-order valence-corrected chi connectivity index (χ4v) is 5.26. The highest BCUT2D eigenvalue weighted by Crippen LogP contribution is 2.37. The van der Waals surface area contributed by atoms with Gasteiger partial charge in [-0.3, -0.25) is 10.00 Å². The van der Waals surface area contributed by atoms with Crippen LogP contribution in [0.3, 0.4) is 0 Å². The Balaban J connectivity index is 1.35. The van der Waals surface area contributed by atoms with Crippen LogP contribution in [0, 0.1) is 0 Å². The molecule has 1 aliphatic carbocycles. The second-order valence-electron chi connectivity index (χ2n) is 10.8. The summed E-state index contributed by atoms with van der Waals surface area (Å²) in [5.74, 6) is 0.575. The Morgan fingerprint density at radius 2 is 1.61 bits per heavy atom. The highest BCUT2D eigenvalue weighted by atomic mass is 19.4. The van der Waals surface area contributed by atoms with Crippen LogP contribution in [0.4, 0.5) is 48.6 Å². The first-order valence-electron chi connectivity index (χ1n) is 13.9. The molecule has 1 saturated carbocycles. The van der Waals surface area contributed by atoms with Crippen LogP contribution in [-0.4, -0.2) is 37.9 Å². The lowest BCUT2D eigenvalue weighted by atomic mass is 9.92. The topological polar surface area (TPSA) is 123 Å². The Bertz CT molecular complexity index is 1640. The van der Waals surface area contributed by atoms with Crippen molar-refractivity contribution in [2.75, 3.05) is 16.0 Å². The largest absolute Gasteiger partial charge is 0.416 e. The molecule has 5 rings (SSSR count). The lowest BCUT2D eigenvalue weighted by Gasteiger charge is -2.26. The lowest BCUT2D eigenvalue weighted by molar-refractivity contribution is -0.143. The van der Waals surface area contributed by atoms with Crippen molar-refractivity contribution in [2.24, 2.45) is 12.8 Å². The van der Waals surface area contributed by atoms with Crippen molar-refractivity contribution >= 4 is 34.4 Å². The lowest BCUT2D eigenvalue weighted by Crippen LogP contribution is -2.33. The Morgan fingerprint density at radius 3 is 2.23 bits per heavy atom. The second kappa shape index (κ2) is 11.9. The Kier molecular flexibility index (Phi) is 8.42. The number of anilines is 3. The quantitative estimate of drug-likeness (QED) is 0.173. The van der Waals surface area contributed by atoms with Crippen LogP contribution in [0.5, 0.6) is 0 Å². The van der Waals surface area contributed by atoms with E-state index in [1.165, 1.54) is 10.7 Å². The predicted octanol–water partition coefficient (Wildman–Crippen LogP) is 6.96. The van der Waals surface area contributed by atoms with Crippen molar-refractivity contribution in [3.8, 4) is 11.3 Å². The SMILES string of the molecule is CCc1cc(-c2cc(NC(=O)Nc3cc(C(F)(F)F)cc(C(F)(F)F)c3)nn2C)cc2cnc(N[C@H]3CC[C@H](N)CC3)nc12. The first-order chi connectivity index (χ1) is 20.7. The molecule has 2 aromatic heterocycles.